The normalized spacial score (nSPS) is 26.6. The van der Waals surface area contributed by atoms with Crippen molar-refractivity contribution < 1.29 is 18.0 Å². The lowest BCUT2D eigenvalue weighted by molar-refractivity contribution is -0.137. The fourth-order valence-corrected chi connectivity index (χ4v) is 3.98. The van der Waals surface area contributed by atoms with E-state index in [4.69, 9.17) is 0 Å². The van der Waals surface area contributed by atoms with Crippen LogP contribution in [0.25, 0.3) is 0 Å². The van der Waals surface area contributed by atoms with Crippen LogP contribution >= 0.6 is 12.4 Å². The number of benzene rings is 1. The van der Waals surface area contributed by atoms with Gasteiger partial charge in [0, 0.05) is 18.1 Å². The van der Waals surface area contributed by atoms with Gasteiger partial charge < -0.3 is 10.6 Å². The molecule has 3 nitrogen and oxygen atoms in total. The zero-order valence-corrected chi connectivity index (χ0v) is 14.9. The molecule has 1 amide bonds. The first-order valence-corrected chi connectivity index (χ1v) is 8.60. The zero-order chi connectivity index (χ0) is 17.3. The molecule has 0 radical (unpaired) electrons. The third-order valence-electron chi connectivity index (χ3n) is 5.16. The van der Waals surface area contributed by atoms with E-state index in [2.05, 4.69) is 10.6 Å². The maximum atomic E-state index is 12.9. The Bertz CT molecular complexity index is 596. The number of piperidine rings is 1. The fraction of sp³-hybridized carbons (Fsp3) is 0.611. The molecule has 3 rings (SSSR count). The minimum atomic E-state index is -4.39. The lowest BCUT2D eigenvalue weighted by atomic mass is 9.92. The summed E-state index contributed by atoms with van der Waals surface area (Å²) in [5, 5.41) is 6.58. The Morgan fingerprint density at radius 1 is 1.28 bits per heavy atom. The molecule has 2 aliphatic rings. The van der Waals surface area contributed by atoms with Crippen LogP contribution in [0.3, 0.4) is 0 Å². The van der Waals surface area contributed by atoms with Crippen molar-refractivity contribution in [2.24, 2.45) is 0 Å². The van der Waals surface area contributed by atoms with Crippen molar-refractivity contribution in [3.8, 4) is 0 Å². The van der Waals surface area contributed by atoms with Gasteiger partial charge in [0.05, 0.1) is 11.5 Å². The topological polar surface area (TPSA) is 41.1 Å². The molecular formula is C18H24ClF3N2O. The maximum absolute atomic E-state index is 12.9. The van der Waals surface area contributed by atoms with Crippen molar-refractivity contribution >= 4 is 18.3 Å². The first-order valence-electron chi connectivity index (χ1n) is 8.60. The molecule has 1 aromatic carbocycles. The summed E-state index contributed by atoms with van der Waals surface area (Å²) in [6, 6.07) is 6.16. The van der Waals surface area contributed by atoms with E-state index < -0.39 is 17.7 Å². The predicted octanol–water partition coefficient (Wildman–Crippen LogP) is 4.02. The van der Waals surface area contributed by atoms with Crippen LogP contribution in [0.1, 0.15) is 56.1 Å². The average molecular weight is 377 g/mol. The summed E-state index contributed by atoms with van der Waals surface area (Å²) in [6.45, 7) is 1.83. The van der Waals surface area contributed by atoms with Crippen LogP contribution in [0, 0.1) is 0 Å². The molecule has 140 valence electrons. The van der Waals surface area contributed by atoms with E-state index in [0.717, 1.165) is 37.8 Å². The molecule has 0 spiro atoms. The molecule has 3 atom stereocenters. The molecule has 1 aromatic rings. The second-order valence-electron chi connectivity index (χ2n) is 6.90. The largest absolute Gasteiger partial charge is 0.416 e. The Hall–Kier alpha value is -1.27. The van der Waals surface area contributed by atoms with E-state index in [1.54, 1.807) is 6.07 Å². The fourth-order valence-electron chi connectivity index (χ4n) is 3.98. The predicted molar refractivity (Wildman–Crippen MR) is 92.8 cm³/mol. The molecule has 7 heteroatoms. The Morgan fingerprint density at radius 3 is 2.48 bits per heavy atom. The maximum Gasteiger partial charge on any atom is 0.416 e. The molecule has 0 aromatic heterocycles. The molecule has 3 unspecified atom stereocenters. The summed E-state index contributed by atoms with van der Waals surface area (Å²) >= 11 is 0. The van der Waals surface area contributed by atoms with Gasteiger partial charge in [-0.2, -0.15) is 13.2 Å². The Labute approximate surface area is 152 Å². The molecule has 2 bridgehead atoms. The van der Waals surface area contributed by atoms with Crippen molar-refractivity contribution in [2.45, 2.75) is 69.2 Å². The monoisotopic (exact) mass is 376 g/mol. The first-order chi connectivity index (χ1) is 11.4. The molecule has 2 N–H and O–H groups in total. The number of rotatable bonds is 4. The molecule has 2 heterocycles. The lowest BCUT2D eigenvalue weighted by Crippen LogP contribution is -2.49. The third kappa shape index (κ3) is 4.67. The van der Waals surface area contributed by atoms with Gasteiger partial charge in [0.1, 0.15) is 0 Å². The molecule has 2 aliphatic heterocycles. The van der Waals surface area contributed by atoms with Gasteiger partial charge in [-0.15, -0.1) is 12.4 Å². The van der Waals surface area contributed by atoms with Gasteiger partial charge in [0.15, 0.2) is 0 Å². The second-order valence-corrected chi connectivity index (χ2v) is 6.90. The smallest absolute Gasteiger partial charge is 0.353 e. The van der Waals surface area contributed by atoms with Crippen LogP contribution in [0.4, 0.5) is 13.2 Å². The Kier molecular flexibility index (Phi) is 6.38. The quantitative estimate of drug-likeness (QED) is 0.833. The average Bonchev–Trinajstić information content (AvgIpc) is 2.86. The Morgan fingerprint density at radius 2 is 1.92 bits per heavy atom. The highest BCUT2D eigenvalue weighted by Gasteiger charge is 2.35. The second kappa shape index (κ2) is 7.96. The van der Waals surface area contributed by atoms with Gasteiger partial charge in [-0.1, -0.05) is 25.1 Å². The van der Waals surface area contributed by atoms with E-state index in [1.807, 2.05) is 6.92 Å². The Balaban J connectivity index is 0.00000225. The van der Waals surface area contributed by atoms with Gasteiger partial charge in [-0.3, -0.25) is 4.79 Å². The molecule has 25 heavy (non-hydrogen) atoms. The standard InChI is InChI=1S/C18H23F3N2O.ClH/c1-2-16(11-4-3-5-12(8-11)18(19,20)21)17(24)23-15-9-13-6-7-14(10-15)22-13;/h3-5,8,13-16,22H,2,6-7,9-10H2,1H3,(H,23,24);1H. The van der Waals surface area contributed by atoms with Gasteiger partial charge in [-0.05, 0) is 43.7 Å². The van der Waals surface area contributed by atoms with Crippen molar-refractivity contribution in [1.82, 2.24) is 10.6 Å². The van der Waals surface area contributed by atoms with E-state index >= 15 is 0 Å². The third-order valence-corrected chi connectivity index (χ3v) is 5.16. The molecule has 0 aliphatic carbocycles. The van der Waals surface area contributed by atoms with E-state index in [9.17, 15) is 18.0 Å². The summed E-state index contributed by atoms with van der Waals surface area (Å²) in [5.41, 5.74) is -0.270. The minimum absolute atomic E-state index is 0. The number of carbonyl (C=O) groups is 1. The summed E-state index contributed by atoms with van der Waals surface area (Å²) in [5.74, 6) is -0.706. The van der Waals surface area contributed by atoms with Gasteiger partial charge in [0.2, 0.25) is 5.91 Å². The summed E-state index contributed by atoms with van der Waals surface area (Å²) in [4.78, 5) is 12.6. The van der Waals surface area contributed by atoms with Crippen LogP contribution in [-0.4, -0.2) is 24.0 Å². The van der Waals surface area contributed by atoms with Gasteiger partial charge in [0.25, 0.3) is 0 Å². The van der Waals surface area contributed by atoms with E-state index in [1.165, 1.54) is 6.07 Å². The summed E-state index contributed by atoms with van der Waals surface area (Å²) < 4.78 is 38.7. The number of carbonyl (C=O) groups excluding carboxylic acids is 1. The van der Waals surface area contributed by atoms with Crippen LogP contribution < -0.4 is 10.6 Å². The van der Waals surface area contributed by atoms with Crippen LogP contribution in [0.15, 0.2) is 24.3 Å². The summed E-state index contributed by atoms with van der Waals surface area (Å²) in [6.07, 6.45) is 0.177. The molecule has 0 saturated carbocycles. The summed E-state index contributed by atoms with van der Waals surface area (Å²) in [7, 11) is 0. The van der Waals surface area contributed by atoms with Crippen LogP contribution in [0.5, 0.6) is 0 Å². The number of amides is 1. The zero-order valence-electron chi connectivity index (χ0n) is 14.1. The van der Waals surface area contributed by atoms with E-state index in [-0.39, 0.29) is 24.4 Å². The number of halogens is 4. The highest BCUT2D eigenvalue weighted by atomic mass is 35.5. The van der Waals surface area contributed by atoms with Crippen LogP contribution in [0.2, 0.25) is 0 Å². The van der Waals surface area contributed by atoms with Crippen molar-refractivity contribution in [2.75, 3.05) is 0 Å². The van der Waals surface area contributed by atoms with E-state index in [0.29, 0.717) is 24.1 Å². The highest BCUT2D eigenvalue weighted by molar-refractivity contribution is 5.85. The van der Waals surface area contributed by atoms with Crippen molar-refractivity contribution in [1.29, 1.82) is 0 Å². The number of alkyl halides is 3. The lowest BCUT2D eigenvalue weighted by Gasteiger charge is -2.31. The first kappa shape index (κ1) is 20.0. The van der Waals surface area contributed by atoms with Crippen molar-refractivity contribution in [3.63, 3.8) is 0 Å². The number of nitrogens with one attached hydrogen (secondary N) is 2. The number of fused-ring (bicyclic) bond motifs is 2. The SMILES string of the molecule is CCC(C(=O)NC1CC2CCC(C1)N2)c1cccc(C(F)(F)F)c1.Cl. The van der Waals surface area contributed by atoms with Gasteiger partial charge >= 0.3 is 6.18 Å². The molecule has 2 fully saturated rings. The van der Waals surface area contributed by atoms with Gasteiger partial charge in [-0.25, -0.2) is 0 Å². The van der Waals surface area contributed by atoms with Crippen LogP contribution in [-0.2, 0) is 11.0 Å². The number of hydrogen-bond donors (Lipinski definition) is 2. The minimum Gasteiger partial charge on any atom is -0.353 e. The number of hydrogen-bond acceptors (Lipinski definition) is 2. The molecular weight excluding hydrogens is 353 g/mol. The molecule has 2 saturated heterocycles. The highest BCUT2D eigenvalue weighted by Crippen LogP contribution is 2.32. The van der Waals surface area contributed by atoms with Crippen molar-refractivity contribution in [3.05, 3.63) is 35.4 Å².